The molecule has 2 heteroatoms. The molecule has 0 spiro atoms. The lowest BCUT2D eigenvalue weighted by molar-refractivity contribution is -0.127. The molecule has 1 aliphatic rings. The van der Waals surface area contributed by atoms with E-state index in [9.17, 15) is 4.79 Å². The third-order valence-electron chi connectivity index (χ3n) is 5.54. The van der Waals surface area contributed by atoms with Gasteiger partial charge < -0.3 is 4.74 Å². The van der Waals surface area contributed by atoms with Gasteiger partial charge in [0.05, 0.1) is 12.5 Å². The molecule has 23 heavy (non-hydrogen) atoms. The van der Waals surface area contributed by atoms with E-state index in [2.05, 4.69) is 38.1 Å². The molecule has 0 saturated heterocycles. The standard InChI is InChI=1S/C21H24O2/c1-20(16-7-5-4-6-8-16)13-14-21(2,19(22)15-20)17-9-11-18(23-3)12-10-17/h4-12H,13-15H2,1-3H3/t20-,21-/m1/s1. The van der Waals surface area contributed by atoms with E-state index in [1.54, 1.807) is 7.11 Å². The normalized spacial score (nSPS) is 27.7. The summed E-state index contributed by atoms with van der Waals surface area (Å²) >= 11 is 0. The fourth-order valence-electron chi connectivity index (χ4n) is 3.65. The number of methoxy groups -OCH3 is 1. The first-order valence-corrected chi connectivity index (χ1v) is 8.21. The van der Waals surface area contributed by atoms with Gasteiger partial charge in [-0.05, 0) is 48.4 Å². The topological polar surface area (TPSA) is 26.3 Å². The van der Waals surface area contributed by atoms with Gasteiger partial charge in [-0.3, -0.25) is 4.79 Å². The van der Waals surface area contributed by atoms with Crippen LogP contribution in [0.25, 0.3) is 0 Å². The highest BCUT2D eigenvalue weighted by molar-refractivity contribution is 5.91. The molecule has 0 aliphatic heterocycles. The zero-order chi connectivity index (χ0) is 16.5. The minimum absolute atomic E-state index is 0.0513. The van der Waals surface area contributed by atoms with Crippen LogP contribution in [0, 0.1) is 0 Å². The number of carbonyl (C=O) groups is 1. The summed E-state index contributed by atoms with van der Waals surface area (Å²) in [5, 5.41) is 0. The number of carbonyl (C=O) groups excluding carboxylic acids is 1. The maximum atomic E-state index is 13.0. The van der Waals surface area contributed by atoms with E-state index in [-0.39, 0.29) is 10.8 Å². The molecule has 2 nitrogen and oxygen atoms in total. The van der Waals surface area contributed by atoms with E-state index in [1.807, 2.05) is 30.3 Å². The van der Waals surface area contributed by atoms with E-state index in [4.69, 9.17) is 4.74 Å². The van der Waals surface area contributed by atoms with Crippen LogP contribution in [0.3, 0.4) is 0 Å². The Bertz CT molecular complexity index is 690. The molecule has 3 rings (SSSR count). The summed E-state index contributed by atoms with van der Waals surface area (Å²) in [4.78, 5) is 13.0. The van der Waals surface area contributed by atoms with Gasteiger partial charge in [-0.15, -0.1) is 0 Å². The largest absolute Gasteiger partial charge is 0.497 e. The third kappa shape index (κ3) is 2.78. The van der Waals surface area contributed by atoms with Crippen molar-refractivity contribution in [3.63, 3.8) is 0 Å². The van der Waals surface area contributed by atoms with Crippen molar-refractivity contribution < 1.29 is 9.53 Å². The van der Waals surface area contributed by atoms with Crippen molar-refractivity contribution in [3.8, 4) is 5.75 Å². The quantitative estimate of drug-likeness (QED) is 0.824. The van der Waals surface area contributed by atoms with Gasteiger partial charge in [-0.1, -0.05) is 49.4 Å². The van der Waals surface area contributed by atoms with Gasteiger partial charge in [0.2, 0.25) is 0 Å². The van der Waals surface area contributed by atoms with Crippen LogP contribution >= 0.6 is 0 Å². The fourth-order valence-corrected chi connectivity index (χ4v) is 3.65. The van der Waals surface area contributed by atoms with Gasteiger partial charge in [0.25, 0.3) is 0 Å². The Morgan fingerprint density at radius 1 is 0.870 bits per heavy atom. The van der Waals surface area contributed by atoms with Crippen LogP contribution in [0.1, 0.15) is 44.2 Å². The highest BCUT2D eigenvalue weighted by Crippen LogP contribution is 2.46. The second-order valence-corrected chi connectivity index (χ2v) is 7.09. The van der Waals surface area contributed by atoms with Crippen LogP contribution in [0.2, 0.25) is 0 Å². The monoisotopic (exact) mass is 308 g/mol. The average Bonchev–Trinajstić information content (AvgIpc) is 2.59. The van der Waals surface area contributed by atoms with Gasteiger partial charge in [-0.2, -0.15) is 0 Å². The summed E-state index contributed by atoms with van der Waals surface area (Å²) in [6.07, 6.45) is 2.49. The van der Waals surface area contributed by atoms with Crippen LogP contribution < -0.4 is 4.74 Å². The first-order valence-electron chi connectivity index (χ1n) is 8.21. The molecular weight excluding hydrogens is 284 g/mol. The Labute approximate surface area is 138 Å². The molecule has 0 aromatic heterocycles. The van der Waals surface area contributed by atoms with Crippen LogP contribution in [0.4, 0.5) is 0 Å². The van der Waals surface area contributed by atoms with E-state index < -0.39 is 0 Å². The Balaban J connectivity index is 1.86. The van der Waals surface area contributed by atoms with Gasteiger partial charge >= 0.3 is 0 Å². The number of rotatable bonds is 3. The predicted octanol–water partition coefficient (Wildman–Crippen LogP) is 4.66. The Morgan fingerprint density at radius 3 is 2.09 bits per heavy atom. The summed E-state index contributed by atoms with van der Waals surface area (Å²) in [5.74, 6) is 1.16. The Kier molecular flexibility index (Phi) is 4.01. The molecule has 2 atom stereocenters. The van der Waals surface area contributed by atoms with E-state index >= 15 is 0 Å². The van der Waals surface area contributed by atoms with Crippen LogP contribution in [0.15, 0.2) is 54.6 Å². The third-order valence-corrected chi connectivity index (χ3v) is 5.54. The summed E-state index contributed by atoms with van der Waals surface area (Å²) in [6.45, 7) is 4.30. The van der Waals surface area contributed by atoms with E-state index in [0.717, 1.165) is 24.2 Å². The molecular formula is C21H24O2. The summed E-state index contributed by atoms with van der Waals surface area (Å²) in [6, 6.07) is 18.4. The van der Waals surface area contributed by atoms with E-state index in [1.165, 1.54) is 5.56 Å². The zero-order valence-electron chi connectivity index (χ0n) is 14.1. The number of Topliss-reactive ketones (excluding diaryl/α,β-unsaturated/α-hetero) is 1. The maximum Gasteiger partial charge on any atom is 0.143 e. The number of ether oxygens (including phenoxy) is 1. The predicted molar refractivity (Wildman–Crippen MR) is 93.0 cm³/mol. The zero-order valence-corrected chi connectivity index (χ0v) is 14.1. The van der Waals surface area contributed by atoms with Crippen molar-refractivity contribution in [2.45, 2.75) is 43.9 Å². The van der Waals surface area contributed by atoms with E-state index in [0.29, 0.717) is 12.2 Å². The minimum Gasteiger partial charge on any atom is -0.497 e. The molecule has 0 radical (unpaired) electrons. The average molecular weight is 308 g/mol. The van der Waals surface area contributed by atoms with Crippen molar-refractivity contribution in [2.75, 3.05) is 7.11 Å². The lowest BCUT2D eigenvalue weighted by Gasteiger charge is -2.42. The highest BCUT2D eigenvalue weighted by atomic mass is 16.5. The second-order valence-electron chi connectivity index (χ2n) is 7.09. The Morgan fingerprint density at radius 2 is 1.52 bits per heavy atom. The molecule has 0 amide bonds. The molecule has 0 unspecified atom stereocenters. The van der Waals surface area contributed by atoms with Gasteiger partial charge in [0.1, 0.15) is 11.5 Å². The minimum atomic E-state index is -0.388. The number of benzene rings is 2. The van der Waals surface area contributed by atoms with Crippen LogP contribution in [-0.4, -0.2) is 12.9 Å². The highest BCUT2D eigenvalue weighted by Gasteiger charge is 2.45. The maximum absolute atomic E-state index is 13.0. The van der Waals surface area contributed by atoms with Crippen molar-refractivity contribution in [3.05, 3.63) is 65.7 Å². The molecule has 1 saturated carbocycles. The molecule has 1 aliphatic carbocycles. The molecule has 0 heterocycles. The number of ketones is 1. The lowest BCUT2D eigenvalue weighted by atomic mass is 9.60. The number of hydrogen-bond donors (Lipinski definition) is 0. The second kappa shape index (κ2) is 5.84. The fraction of sp³-hybridized carbons (Fsp3) is 0.381. The van der Waals surface area contributed by atoms with Crippen LogP contribution in [-0.2, 0) is 15.6 Å². The molecule has 0 N–H and O–H groups in total. The van der Waals surface area contributed by atoms with Gasteiger partial charge in [0, 0.05) is 6.42 Å². The summed E-state index contributed by atoms with van der Waals surface area (Å²) < 4.78 is 5.22. The summed E-state index contributed by atoms with van der Waals surface area (Å²) in [7, 11) is 1.66. The SMILES string of the molecule is COc1ccc([C@@]2(C)CC[C@@](C)(c3ccccc3)CC2=O)cc1. The molecule has 2 aromatic carbocycles. The molecule has 2 aromatic rings. The first kappa shape index (κ1) is 15.8. The Hall–Kier alpha value is -2.09. The first-order chi connectivity index (χ1) is 11.0. The smallest absolute Gasteiger partial charge is 0.143 e. The molecule has 0 bridgehead atoms. The lowest BCUT2D eigenvalue weighted by Crippen LogP contribution is -2.44. The van der Waals surface area contributed by atoms with Crippen molar-refractivity contribution in [1.29, 1.82) is 0 Å². The van der Waals surface area contributed by atoms with Crippen LogP contribution in [0.5, 0.6) is 5.75 Å². The number of hydrogen-bond acceptors (Lipinski definition) is 2. The summed E-state index contributed by atoms with van der Waals surface area (Å²) in [5.41, 5.74) is 1.92. The van der Waals surface area contributed by atoms with Gasteiger partial charge in [-0.25, -0.2) is 0 Å². The van der Waals surface area contributed by atoms with Crippen molar-refractivity contribution in [2.24, 2.45) is 0 Å². The molecule has 120 valence electrons. The van der Waals surface area contributed by atoms with Crippen molar-refractivity contribution >= 4 is 5.78 Å². The molecule has 1 fully saturated rings. The van der Waals surface area contributed by atoms with Crippen molar-refractivity contribution in [1.82, 2.24) is 0 Å². The van der Waals surface area contributed by atoms with Gasteiger partial charge in [0.15, 0.2) is 0 Å².